The number of cyclic esters (lactones) is 1. The summed E-state index contributed by atoms with van der Waals surface area (Å²) in [6, 6.07) is 11.2. The molecule has 2 aliphatic heterocycles. The number of nitrogens with zero attached hydrogens (tertiary/aromatic N) is 5. The zero-order chi connectivity index (χ0) is 34.8. The quantitative estimate of drug-likeness (QED) is 0.0532. The normalized spacial score (nSPS) is 15.7. The van der Waals surface area contributed by atoms with Gasteiger partial charge in [0.05, 0.1) is 55.4 Å². The van der Waals surface area contributed by atoms with Crippen molar-refractivity contribution in [3.8, 4) is 11.4 Å². The molecule has 0 unspecified atom stereocenters. The summed E-state index contributed by atoms with van der Waals surface area (Å²) in [5, 5.41) is 9.20. The van der Waals surface area contributed by atoms with E-state index in [0.717, 1.165) is 16.5 Å². The van der Waals surface area contributed by atoms with Gasteiger partial charge in [-0.2, -0.15) is 0 Å². The van der Waals surface area contributed by atoms with E-state index in [1.54, 1.807) is 17.6 Å². The number of amides is 2. The van der Waals surface area contributed by atoms with E-state index in [2.05, 4.69) is 20.7 Å². The molecule has 0 spiro atoms. The lowest BCUT2D eigenvalue weighted by Gasteiger charge is -2.35. The SMILES string of the molecule is CC[C@@]1(OC(=O)CNC(=O)COCCNC(=O)COCCOCCN=[N+]=[N-])C(=O)OCc2c1cc1n(c2=O)Cc2cc3ccccc3nc2-1. The Morgan fingerprint density at radius 3 is 2.59 bits per heavy atom. The van der Waals surface area contributed by atoms with E-state index in [-0.39, 0.29) is 81.7 Å². The second-order valence-electron chi connectivity index (χ2n) is 11.0. The van der Waals surface area contributed by atoms with Gasteiger partial charge in [-0.15, -0.1) is 0 Å². The van der Waals surface area contributed by atoms with Crippen LogP contribution in [0.2, 0.25) is 0 Å². The molecule has 0 fully saturated rings. The lowest BCUT2D eigenvalue weighted by Crippen LogP contribution is -2.48. The van der Waals surface area contributed by atoms with E-state index in [1.165, 1.54) is 0 Å². The van der Waals surface area contributed by atoms with Crippen LogP contribution in [0.15, 0.2) is 46.3 Å². The molecule has 2 aromatic heterocycles. The zero-order valence-corrected chi connectivity index (χ0v) is 26.8. The summed E-state index contributed by atoms with van der Waals surface area (Å²) in [4.78, 5) is 71.3. The van der Waals surface area contributed by atoms with Crippen molar-refractivity contribution in [3.63, 3.8) is 0 Å². The maximum absolute atomic E-state index is 13.7. The van der Waals surface area contributed by atoms with Crippen LogP contribution < -0.4 is 16.2 Å². The van der Waals surface area contributed by atoms with Crippen LogP contribution in [-0.4, -0.2) is 92.6 Å². The van der Waals surface area contributed by atoms with E-state index in [0.29, 0.717) is 17.9 Å². The minimum Gasteiger partial charge on any atom is -0.457 e. The third kappa shape index (κ3) is 8.04. The van der Waals surface area contributed by atoms with Crippen LogP contribution in [-0.2, 0) is 61.6 Å². The van der Waals surface area contributed by atoms with Gasteiger partial charge in [0.2, 0.25) is 17.4 Å². The van der Waals surface area contributed by atoms with Crippen molar-refractivity contribution in [1.29, 1.82) is 0 Å². The number of esters is 2. The van der Waals surface area contributed by atoms with Crippen LogP contribution in [0.5, 0.6) is 0 Å². The number of ether oxygens (including phenoxy) is 5. The Kier molecular flexibility index (Phi) is 11.5. The molecule has 0 saturated carbocycles. The van der Waals surface area contributed by atoms with Crippen LogP contribution in [0.4, 0.5) is 0 Å². The largest absolute Gasteiger partial charge is 0.457 e. The molecule has 17 nitrogen and oxygen atoms in total. The fraction of sp³-hybridized carbons (Fsp3) is 0.438. The summed E-state index contributed by atoms with van der Waals surface area (Å²) >= 11 is 0. The molecule has 49 heavy (non-hydrogen) atoms. The fourth-order valence-corrected chi connectivity index (χ4v) is 5.55. The number of rotatable bonds is 17. The van der Waals surface area contributed by atoms with E-state index in [4.69, 9.17) is 34.2 Å². The van der Waals surface area contributed by atoms with Crippen LogP contribution in [0.1, 0.15) is 30.0 Å². The first kappa shape index (κ1) is 35.0. The summed E-state index contributed by atoms with van der Waals surface area (Å²) < 4.78 is 28.2. The topological polar surface area (TPSA) is 222 Å². The molecule has 258 valence electrons. The highest BCUT2D eigenvalue weighted by molar-refractivity contribution is 5.89. The monoisotopic (exact) mass is 677 g/mol. The van der Waals surface area contributed by atoms with Crippen molar-refractivity contribution in [3.05, 3.63) is 73.9 Å². The summed E-state index contributed by atoms with van der Waals surface area (Å²) in [6.45, 7) is 1.51. The van der Waals surface area contributed by atoms with Crippen molar-refractivity contribution < 1.29 is 42.9 Å². The molecule has 4 heterocycles. The maximum Gasteiger partial charge on any atom is 0.355 e. The molecule has 0 saturated heterocycles. The van der Waals surface area contributed by atoms with Crippen molar-refractivity contribution in [1.82, 2.24) is 20.2 Å². The van der Waals surface area contributed by atoms with Gasteiger partial charge in [0.15, 0.2) is 0 Å². The summed E-state index contributed by atoms with van der Waals surface area (Å²) in [6.07, 6.45) is -0.0219. The summed E-state index contributed by atoms with van der Waals surface area (Å²) in [7, 11) is 0. The predicted molar refractivity (Wildman–Crippen MR) is 171 cm³/mol. The predicted octanol–water partition coefficient (Wildman–Crippen LogP) is 1.22. The number of para-hydroxylation sites is 1. The molecule has 17 heteroatoms. The Labute approximate surface area is 279 Å². The number of azide groups is 1. The third-order valence-electron chi connectivity index (χ3n) is 7.91. The van der Waals surface area contributed by atoms with E-state index in [9.17, 15) is 24.0 Å². The van der Waals surface area contributed by atoms with Crippen molar-refractivity contribution in [2.45, 2.75) is 32.1 Å². The Morgan fingerprint density at radius 2 is 1.80 bits per heavy atom. The van der Waals surface area contributed by atoms with Gasteiger partial charge in [-0.1, -0.05) is 30.2 Å². The number of hydrogen-bond acceptors (Lipinski definition) is 12. The molecule has 2 aliphatic rings. The Balaban J connectivity index is 1.11. The molecule has 2 N–H and O–H groups in total. The van der Waals surface area contributed by atoms with Crippen molar-refractivity contribution in [2.75, 3.05) is 59.3 Å². The van der Waals surface area contributed by atoms with Gasteiger partial charge in [-0.05, 0) is 30.2 Å². The lowest BCUT2D eigenvalue weighted by atomic mass is 9.85. The van der Waals surface area contributed by atoms with Crippen LogP contribution in [0.3, 0.4) is 0 Å². The second-order valence-corrected chi connectivity index (χ2v) is 11.0. The first-order valence-electron chi connectivity index (χ1n) is 15.6. The lowest BCUT2D eigenvalue weighted by molar-refractivity contribution is -0.189. The fourth-order valence-electron chi connectivity index (χ4n) is 5.55. The maximum atomic E-state index is 13.7. The molecule has 0 aliphatic carbocycles. The number of aromatic nitrogens is 2. The Bertz CT molecular complexity index is 1860. The molecular formula is C32H35N7O10. The molecular weight excluding hydrogens is 642 g/mol. The number of carbonyl (C=O) groups is 4. The zero-order valence-electron chi connectivity index (χ0n) is 26.8. The summed E-state index contributed by atoms with van der Waals surface area (Å²) in [5.41, 5.74) is 9.06. The first-order valence-corrected chi connectivity index (χ1v) is 15.6. The van der Waals surface area contributed by atoms with Gasteiger partial charge in [-0.25, -0.2) is 9.78 Å². The first-order chi connectivity index (χ1) is 23.8. The van der Waals surface area contributed by atoms with Gasteiger partial charge in [0.1, 0.15) is 26.4 Å². The average Bonchev–Trinajstić information content (AvgIpc) is 3.46. The van der Waals surface area contributed by atoms with E-state index < -0.39 is 36.6 Å². The van der Waals surface area contributed by atoms with Gasteiger partial charge < -0.3 is 38.9 Å². The molecule has 2 amide bonds. The molecule has 1 aromatic carbocycles. The standard InChI is InChI=1S/C32H35N7O10/c1-2-32(49-28(42)15-35-27(41)19-46-9-7-34-26(40)18-47-12-11-45-10-8-36-38-33)23-14-25-29-21(13-20-5-3-4-6-24(20)37-29)16-39(25)30(43)22(23)17-48-31(32)44/h3-6,13-14H,2,7-12,15-19H2,1H3,(H,34,40)(H,35,41)/t32-/m0/s1. The minimum absolute atomic E-state index is 0.0152. The van der Waals surface area contributed by atoms with Crippen LogP contribution in [0, 0.1) is 0 Å². The van der Waals surface area contributed by atoms with Crippen molar-refractivity contribution >= 4 is 34.7 Å². The number of nitrogens with one attached hydrogen (secondary N) is 2. The highest BCUT2D eigenvalue weighted by Crippen LogP contribution is 2.40. The number of carbonyl (C=O) groups excluding carboxylic acids is 4. The second kappa shape index (κ2) is 16.2. The minimum atomic E-state index is -1.90. The Hall–Kier alpha value is -5.35. The van der Waals surface area contributed by atoms with Gasteiger partial charge in [0.25, 0.3) is 5.56 Å². The van der Waals surface area contributed by atoms with Crippen molar-refractivity contribution in [2.24, 2.45) is 5.11 Å². The third-order valence-corrected chi connectivity index (χ3v) is 7.91. The summed E-state index contributed by atoms with van der Waals surface area (Å²) in [5.74, 6) is -2.75. The highest BCUT2D eigenvalue weighted by atomic mass is 16.6. The Morgan fingerprint density at radius 1 is 1.04 bits per heavy atom. The molecule has 3 aromatic rings. The molecule has 0 bridgehead atoms. The smallest absolute Gasteiger partial charge is 0.355 e. The van der Waals surface area contributed by atoms with E-state index in [1.807, 2.05) is 30.3 Å². The van der Waals surface area contributed by atoms with Gasteiger partial charge in [-0.3, -0.25) is 19.2 Å². The molecule has 5 rings (SSSR count). The number of pyridine rings is 2. The highest BCUT2D eigenvalue weighted by Gasteiger charge is 2.50. The average molecular weight is 678 g/mol. The number of benzene rings is 1. The van der Waals surface area contributed by atoms with Gasteiger partial charge >= 0.3 is 11.9 Å². The number of hydrogen-bond donors (Lipinski definition) is 2. The van der Waals surface area contributed by atoms with Gasteiger partial charge in [0, 0.05) is 34.5 Å². The molecule has 1 atom stereocenters. The van der Waals surface area contributed by atoms with Crippen LogP contribution >= 0.6 is 0 Å². The van der Waals surface area contributed by atoms with E-state index >= 15 is 0 Å². The number of fused-ring (bicyclic) bond motifs is 5. The molecule has 0 radical (unpaired) electrons. The van der Waals surface area contributed by atoms with Crippen LogP contribution in [0.25, 0.3) is 32.7 Å².